The molecule has 0 saturated carbocycles. The fourth-order valence-corrected chi connectivity index (χ4v) is 5.14. The third-order valence-electron chi connectivity index (χ3n) is 4.69. The Morgan fingerprint density at radius 3 is 2.78 bits per heavy atom. The van der Waals surface area contributed by atoms with E-state index in [1.54, 1.807) is 0 Å². The number of aromatic nitrogens is 2. The van der Waals surface area contributed by atoms with Crippen molar-refractivity contribution in [3.8, 4) is 0 Å². The summed E-state index contributed by atoms with van der Waals surface area (Å²) in [5, 5.41) is 2.83. The summed E-state index contributed by atoms with van der Waals surface area (Å²) in [5.41, 5.74) is 3.50. The van der Waals surface area contributed by atoms with Gasteiger partial charge in [0.2, 0.25) is 5.91 Å². The lowest BCUT2D eigenvalue weighted by molar-refractivity contribution is -0.124. The number of aryl methyl sites for hydroxylation is 2. The average molecular weight is 337 g/mol. The molecule has 2 heterocycles. The molecule has 1 aliphatic carbocycles. The van der Waals surface area contributed by atoms with Gasteiger partial charge in [0, 0.05) is 24.4 Å². The van der Waals surface area contributed by atoms with Crippen molar-refractivity contribution < 1.29 is 13.2 Å². The fraction of sp³-hybridized carbons (Fsp3) is 0.688. The van der Waals surface area contributed by atoms with Gasteiger partial charge in [-0.15, -0.1) is 0 Å². The maximum Gasteiger partial charge on any atom is 0.224 e. The molecular weight excluding hydrogens is 314 g/mol. The first-order valence-electron chi connectivity index (χ1n) is 8.28. The molecule has 126 valence electrons. The van der Waals surface area contributed by atoms with Crippen molar-refractivity contribution >= 4 is 15.7 Å². The first-order valence-corrected chi connectivity index (χ1v) is 10.1. The minimum Gasteiger partial charge on any atom is -0.355 e. The minimum absolute atomic E-state index is 0.0205. The van der Waals surface area contributed by atoms with E-state index in [2.05, 4.69) is 15.3 Å². The second-order valence-corrected chi connectivity index (χ2v) is 8.73. The van der Waals surface area contributed by atoms with Crippen molar-refractivity contribution in [1.82, 2.24) is 15.3 Å². The van der Waals surface area contributed by atoms with Crippen molar-refractivity contribution in [1.29, 1.82) is 0 Å². The molecule has 2 aliphatic rings. The van der Waals surface area contributed by atoms with Gasteiger partial charge in [-0.05, 0) is 44.6 Å². The van der Waals surface area contributed by atoms with Crippen LogP contribution in [-0.4, -0.2) is 42.3 Å². The van der Waals surface area contributed by atoms with Crippen molar-refractivity contribution in [2.24, 2.45) is 5.92 Å². The fourth-order valence-electron chi connectivity index (χ4n) is 3.40. The number of amides is 1. The van der Waals surface area contributed by atoms with Crippen molar-refractivity contribution in [2.45, 2.75) is 45.4 Å². The number of nitrogens with one attached hydrogen (secondary N) is 1. The normalized spacial score (nSPS) is 22.6. The molecular formula is C16H23N3O3S. The van der Waals surface area contributed by atoms with Crippen LogP contribution in [0.2, 0.25) is 0 Å². The Bertz CT molecular complexity index is 716. The SMILES string of the molecule is Cc1nc(CCNC(=O)[C@@H]2CCS(=O)(=O)C2)nc2c1CCCC2. The lowest BCUT2D eigenvalue weighted by Crippen LogP contribution is -2.33. The van der Waals surface area contributed by atoms with Gasteiger partial charge >= 0.3 is 0 Å². The molecule has 0 unspecified atom stereocenters. The van der Waals surface area contributed by atoms with Gasteiger partial charge < -0.3 is 5.32 Å². The number of hydrogen-bond donors (Lipinski definition) is 1. The van der Waals surface area contributed by atoms with Gasteiger partial charge in [-0.3, -0.25) is 4.79 Å². The summed E-state index contributed by atoms with van der Waals surface area (Å²) in [6.45, 7) is 2.48. The third kappa shape index (κ3) is 3.88. The molecule has 3 rings (SSSR count). The Morgan fingerprint density at radius 2 is 2.04 bits per heavy atom. The van der Waals surface area contributed by atoms with Crippen LogP contribution in [0.1, 0.15) is 42.0 Å². The monoisotopic (exact) mass is 337 g/mol. The number of sulfone groups is 1. The van der Waals surface area contributed by atoms with Crippen LogP contribution in [0.4, 0.5) is 0 Å². The van der Waals surface area contributed by atoms with E-state index >= 15 is 0 Å². The zero-order valence-electron chi connectivity index (χ0n) is 13.5. The average Bonchev–Trinajstić information content (AvgIpc) is 2.87. The Labute approximate surface area is 137 Å². The lowest BCUT2D eigenvalue weighted by atomic mass is 9.95. The molecule has 1 atom stereocenters. The number of rotatable bonds is 4. The molecule has 23 heavy (non-hydrogen) atoms. The maximum absolute atomic E-state index is 12.0. The molecule has 1 N–H and O–H groups in total. The number of fused-ring (bicyclic) bond motifs is 1. The van der Waals surface area contributed by atoms with Crippen LogP contribution in [0, 0.1) is 12.8 Å². The Hall–Kier alpha value is -1.50. The lowest BCUT2D eigenvalue weighted by Gasteiger charge is -2.17. The molecule has 1 saturated heterocycles. The molecule has 0 aromatic carbocycles. The molecule has 0 spiro atoms. The number of hydrogen-bond acceptors (Lipinski definition) is 5. The highest BCUT2D eigenvalue weighted by molar-refractivity contribution is 7.91. The predicted molar refractivity (Wildman–Crippen MR) is 86.9 cm³/mol. The second-order valence-electron chi connectivity index (χ2n) is 6.50. The van der Waals surface area contributed by atoms with E-state index in [-0.39, 0.29) is 17.4 Å². The van der Waals surface area contributed by atoms with E-state index in [0.29, 0.717) is 19.4 Å². The van der Waals surface area contributed by atoms with Gasteiger partial charge in [-0.2, -0.15) is 0 Å². The molecule has 1 aromatic heterocycles. The van der Waals surface area contributed by atoms with Crippen LogP contribution in [-0.2, 0) is 33.9 Å². The highest BCUT2D eigenvalue weighted by Crippen LogP contribution is 2.22. The smallest absolute Gasteiger partial charge is 0.224 e. The third-order valence-corrected chi connectivity index (χ3v) is 6.46. The van der Waals surface area contributed by atoms with Crippen LogP contribution in [0.3, 0.4) is 0 Å². The number of carbonyl (C=O) groups excluding carboxylic acids is 1. The molecule has 1 aliphatic heterocycles. The predicted octanol–water partition coefficient (Wildman–Crippen LogP) is 0.757. The first kappa shape index (κ1) is 16.4. The standard InChI is InChI=1S/C16H23N3O3S/c1-11-13-4-2-3-5-14(13)19-15(18-11)6-8-17-16(20)12-7-9-23(21,22)10-12/h12H,2-10H2,1H3,(H,17,20)/t12-/m1/s1. The van der Waals surface area contributed by atoms with Gasteiger partial charge in [0.1, 0.15) is 5.82 Å². The second kappa shape index (κ2) is 6.55. The highest BCUT2D eigenvalue weighted by Gasteiger charge is 2.32. The molecule has 1 aromatic rings. The summed E-state index contributed by atoms with van der Waals surface area (Å²) in [6.07, 6.45) is 5.47. The van der Waals surface area contributed by atoms with Gasteiger partial charge in [-0.25, -0.2) is 18.4 Å². The van der Waals surface area contributed by atoms with Crippen LogP contribution in [0.15, 0.2) is 0 Å². The van der Waals surface area contributed by atoms with Crippen LogP contribution >= 0.6 is 0 Å². The van der Waals surface area contributed by atoms with E-state index in [4.69, 9.17) is 0 Å². The first-order chi connectivity index (χ1) is 10.9. The largest absolute Gasteiger partial charge is 0.355 e. The Kier molecular flexibility index (Phi) is 4.66. The van der Waals surface area contributed by atoms with Gasteiger partial charge in [-0.1, -0.05) is 0 Å². The van der Waals surface area contributed by atoms with Gasteiger partial charge in [0.05, 0.1) is 17.4 Å². The molecule has 1 amide bonds. The quantitative estimate of drug-likeness (QED) is 0.876. The maximum atomic E-state index is 12.0. The molecule has 6 nitrogen and oxygen atoms in total. The van der Waals surface area contributed by atoms with E-state index in [1.165, 1.54) is 18.4 Å². The number of nitrogens with zero attached hydrogens (tertiary/aromatic N) is 2. The van der Waals surface area contributed by atoms with E-state index in [9.17, 15) is 13.2 Å². The molecule has 0 bridgehead atoms. The Morgan fingerprint density at radius 1 is 1.26 bits per heavy atom. The van der Waals surface area contributed by atoms with Crippen molar-refractivity contribution in [2.75, 3.05) is 18.1 Å². The van der Waals surface area contributed by atoms with Crippen LogP contribution in [0.25, 0.3) is 0 Å². The summed E-state index contributed by atoms with van der Waals surface area (Å²) in [7, 11) is -3.02. The van der Waals surface area contributed by atoms with E-state index in [0.717, 1.165) is 30.1 Å². The van der Waals surface area contributed by atoms with Crippen LogP contribution in [0.5, 0.6) is 0 Å². The summed E-state index contributed by atoms with van der Waals surface area (Å²) >= 11 is 0. The van der Waals surface area contributed by atoms with Crippen molar-refractivity contribution in [3.63, 3.8) is 0 Å². The van der Waals surface area contributed by atoms with E-state index < -0.39 is 15.8 Å². The molecule has 7 heteroatoms. The molecule has 1 fully saturated rings. The van der Waals surface area contributed by atoms with Gasteiger partial charge in [0.25, 0.3) is 0 Å². The van der Waals surface area contributed by atoms with Crippen molar-refractivity contribution in [3.05, 3.63) is 22.8 Å². The van der Waals surface area contributed by atoms with E-state index in [1.807, 2.05) is 6.92 Å². The Balaban J connectivity index is 1.55. The molecule has 0 radical (unpaired) electrons. The highest BCUT2D eigenvalue weighted by atomic mass is 32.2. The van der Waals surface area contributed by atoms with Gasteiger partial charge in [0.15, 0.2) is 9.84 Å². The zero-order valence-corrected chi connectivity index (χ0v) is 14.3. The number of carbonyl (C=O) groups is 1. The van der Waals surface area contributed by atoms with Crippen LogP contribution < -0.4 is 5.32 Å². The summed E-state index contributed by atoms with van der Waals surface area (Å²) < 4.78 is 22.8. The summed E-state index contributed by atoms with van der Waals surface area (Å²) in [6, 6.07) is 0. The zero-order chi connectivity index (χ0) is 16.4. The summed E-state index contributed by atoms with van der Waals surface area (Å²) in [5.74, 6) is 0.306. The minimum atomic E-state index is -3.02. The summed E-state index contributed by atoms with van der Waals surface area (Å²) in [4.78, 5) is 21.2. The topological polar surface area (TPSA) is 89.0 Å².